The third-order valence-electron chi connectivity index (χ3n) is 2.00. The van der Waals surface area contributed by atoms with Crippen molar-refractivity contribution in [2.75, 3.05) is 11.9 Å². The molecule has 1 aromatic rings. The number of rotatable bonds is 4. The zero-order valence-electron chi connectivity index (χ0n) is 9.08. The smallest absolute Gasteiger partial charge is 0.250 e. The monoisotopic (exact) mass is 204 g/mol. The molecule has 0 aliphatic rings. The number of carbonyl (C=O) groups excluding carboxylic acids is 1. The summed E-state index contributed by atoms with van der Waals surface area (Å²) in [5.41, 5.74) is 7.79. The normalized spacial score (nSPS) is 9.47. The quantitative estimate of drug-likeness (QED) is 0.738. The van der Waals surface area contributed by atoms with Crippen molar-refractivity contribution >= 4 is 11.6 Å². The number of hydrogen-bond donors (Lipinski definition) is 2. The van der Waals surface area contributed by atoms with Crippen molar-refractivity contribution in [1.29, 1.82) is 0 Å². The number of benzene rings is 1. The van der Waals surface area contributed by atoms with Gasteiger partial charge in [-0.25, -0.2) is 0 Å². The van der Waals surface area contributed by atoms with Crippen molar-refractivity contribution in [3.8, 4) is 0 Å². The maximum absolute atomic E-state index is 11.1. The Morgan fingerprint density at radius 2 is 2.07 bits per heavy atom. The van der Waals surface area contributed by atoms with Crippen LogP contribution in [0.25, 0.3) is 0 Å². The van der Waals surface area contributed by atoms with Gasteiger partial charge in [0.05, 0.1) is 5.56 Å². The number of primary amides is 1. The molecular weight excluding hydrogens is 188 g/mol. The van der Waals surface area contributed by atoms with Crippen LogP contribution in [0.5, 0.6) is 0 Å². The maximum Gasteiger partial charge on any atom is 0.250 e. The Kier molecular flexibility index (Phi) is 3.92. The summed E-state index contributed by atoms with van der Waals surface area (Å²) in [6.45, 7) is 4.76. The van der Waals surface area contributed by atoms with E-state index >= 15 is 0 Å². The zero-order chi connectivity index (χ0) is 11.3. The highest BCUT2D eigenvalue weighted by Crippen LogP contribution is 2.13. The Bertz CT molecular complexity index is 379. The van der Waals surface area contributed by atoms with E-state index in [9.17, 15) is 4.79 Å². The van der Waals surface area contributed by atoms with Crippen LogP contribution in [0.4, 0.5) is 5.69 Å². The van der Waals surface area contributed by atoms with Gasteiger partial charge in [-0.15, -0.1) is 0 Å². The lowest BCUT2D eigenvalue weighted by molar-refractivity contribution is 0.100. The van der Waals surface area contributed by atoms with Crippen LogP contribution < -0.4 is 11.1 Å². The Morgan fingerprint density at radius 1 is 1.40 bits per heavy atom. The highest BCUT2D eigenvalue weighted by molar-refractivity contribution is 5.98. The molecule has 0 atom stereocenters. The van der Waals surface area contributed by atoms with Gasteiger partial charge >= 0.3 is 0 Å². The number of carbonyl (C=O) groups is 1. The molecule has 0 aromatic heterocycles. The van der Waals surface area contributed by atoms with E-state index in [2.05, 4.69) is 11.4 Å². The van der Waals surface area contributed by atoms with Gasteiger partial charge in [0.15, 0.2) is 0 Å². The van der Waals surface area contributed by atoms with Crippen molar-refractivity contribution in [3.63, 3.8) is 0 Å². The molecule has 0 heterocycles. The molecule has 1 rings (SSSR count). The van der Waals surface area contributed by atoms with Crippen LogP contribution in [-0.4, -0.2) is 12.5 Å². The molecular formula is C12H16N2O. The number of anilines is 1. The van der Waals surface area contributed by atoms with Crippen LogP contribution >= 0.6 is 0 Å². The molecule has 0 aliphatic heterocycles. The molecule has 0 saturated carbocycles. The molecule has 0 saturated heterocycles. The highest BCUT2D eigenvalue weighted by atomic mass is 16.1. The van der Waals surface area contributed by atoms with E-state index in [1.54, 1.807) is 12.1 Å². The second-order valence-electron chi connectivity index (χ2n) is 3.57. The molecule has 3 nitrogen and oxygen atoms in total. The minimum Gasteiger partial charge on any atom is -0.381 e. The number of nitrogens with two attached hydrogens (primary N) is 1. The number of para-hydroxylation sites is 1. The Hall–Kier alpha value is -1.77. The fourth-order valence-corrected chi connectivity index (χ4v) is 1.22. The molecule has 0 spiro atoms. The summed E-state index contributed by atoms with van der Waals surface area (Å²) in [5.74, 6) is -0.407. The lowest BCUT2D eigenvalue weighted by Crippen LogP contribution is -2.14. The van der Waals surface area contributed by atoms with Crippen LogP contribution in [0.3, 0.4) is 0 Å². The van der Waals surface area contributed by atoms with E-state index in [0.717, 1.165) is 5.69 Å². The molecule has 0 aliphatic carbocycles. The molecule has 3 N–H and O–H groups in total. The van der Waals surface area contributed by atoms with E-state index < -0.39 is 5.91 Å². The Labute approximate surface area is 90.0 Å². The van der Waals surface area contributed by atoms with Crippen molar-refractivity contribution in [2.24, 2.45) is 5.73 Å². The van der Waals surface area contributed by atoms with E-state index in [1.807, 2.05) is 26.0 Å². The van der Waals surface area contributed by atoms with Gasteiger partial charge in [-0.1, -0.05) is 23.8 Å². The summed E-state index contributed by atoms with van der Waals surface area (Å²) in [6, 6.07) is 7.23. The van der Waals surface area contributed by atoms with Crippen LogP contribution in [0.15, 0.2) is 35.9 Å². The SMILES string of the molecule is CC(C)=CCNc1ccccc1C(N)=O. The number of amides is 1. The largest absolute Gasteiger partial charge is 0.381 e. The molecule has 0 fully saturated rings. The molecule has 0 radical (unpaired) electrons. The molecule has 80 valence electrons. The minimum atomic E-state index is -0.407. The summed E-state index contributed by atoms with van der Waals surface area (Å²) in [4.78, 5) is 11.1. The van der Waals surface area contributed by atoms with Gasteiger partial charge in [0, 0.05) is 12.2 Å². The van der Waals surface area contributed by atoms with Crippen molar-refractivity contribution in [2.45, 2.75) is 13.8 Å². The highest BCUT2D eigenvalue weighted by Gasteiger charge is 2.04. The van der Waals surface area contributed by atoms with Gasteiger partial charge in [0.2, 0.25) is 0 Å². The summed E-state index contributed by atoms with van der Waals surface area (Å²) >= 11 is 0. The van der Waals surface area contributed by atoms with Gasteiger partial charge in [-0.05, 0) is 26.0 Å². The molecule has 0 bridgehead atoms. The average molecular weight is 204 g/mol. The van der Waals surface area contributed by atoms with Crippen molar-refractivity contribution < 1.29 is 4.79 Å². The minimum absolute atomic E-state index is 0.407. The summed E-state index contributed by atoms with van der Waals surface area (Å²) in [5, 5.41) is 3.15. The Morgan fingerprint density at radius 3 is 2.67 bits per heavy atom. The van der Waals surface area contributed by atoms with Crippen LogP contribution in [-0.2, 0) is 0 Å². The fourth-order valence-electron chi connectivity index (χ4n) is 1.22. The topological polar surface area (TPSA) is 55.1 Å². The lowest BCUT2D eigenvalue weighted by Gasteiger charge is -2.07. The maximum atomic E-state index is 11.1. The summed E-state index contributed by atoms with van der Waals surface area (Å²) in [7, 11) is 0. The molecule has 3 heteroatoms. The van der Waals surface area contributed by atoms with E-state index in [-0.39, 0.29) is 0 Å². The van der Waals surface area contributed by atoms with Crippen LogP contribution in [0, 0.1) is 0 Å². The third-order valence-corrected chi connectivity index (χ3v) is 2.00. The number of allylic oxidation sites excluding steroid dienone is 1. The van der Waals surface area contributed by atoms with Gasteiger partial charge in [-0.2, -0.15) is 0 Å². The molecule has 1 amide bonds. The summed E-state index contributed by atoms with van der Waals surface area (Å²) < 4.78 is 0. The van der Waals surface area contributed by atoms with Gasteiger partial charge < -0.3 is 11.1 Å². The molecule has 0 unspecified atom stereocenters. The van der Waals surface area contributed by atoms with E-state index in [0.29, 0.717) is 12.1 Å². The first-order chi connectivity index (χ1) is 7.11. The molecule has 1 aromatic carbocycles. The van der Waals surface area contributed by atoms with Crippen molar-refractivity contribution in [1.82, 2.24) is 0 Å². The number of hydrogen-bond acceptors (Lipinski definition) is 2. The summed E-state index contributed by atoms with van der Waals surface area (Å²) in [6.07, 6.45) is 2.05. The van der Waals surface area contributed by atoms with E-state index in [1.165, 1.54) is 5.57 Å². The van der Waals surface area contributed by atoms with Gasteiger partial charge in [0.1, 0.15) is 0 Å². The first-order valence-corrected chi connectivity index (χ1v) is 4.87. The fraction of sp³-hybridized carbons (Fsp3) is 0.250. The van der Waals surface area contributed by atoms with E-state index in [4.69, 9.17) is 5.73 Å². The predicted molar refractivity (Wildman–Crippen MR) is 62.9 cm³/mol. The zero-order valence-corrected chi connectivity index (χ0v) is 9.08. The van der Waals surface area contributed by atoms with Crippen LogP contribution in [0.1, 0.15) is 24.2 Å². The number of nitrogens with one attached hydrogen (secondary N) is 1. The second kappa shape index (κ2) is 5.20. The first kappa shape index (κ1) is 11.3. The third kappa shape index (κ3) is 3.46. The average Bonchev–Trinajstić information content (AvgIpc) is 2.17. The van der Waals surface area contributed by atoms with Crippen molar-refractivity contribution in [3.05, 3.63) is 41.5 Å². The van der Waals surface area contributed by atoms with Crippen LogP contribution in [0.2, 0.25) is 0 Å². The standard InChI is InChI=1S/C12H16N2O/c1-9(2)7-8-14-11-6-4-3-5-10(11)12(13)15/h3-7,14H,8H2,1-2H3,(H2,13,15). The predicted octanol–water partition coefficient (Wildman–Crippen LogP) is 2.16. The lowest BCUT2D eigenvalue weighted by atomic mass is 10.1. The van der Waals surface area contributed by atoms with Gasteiger partial charge in [-0.3, -0.25) is 4.79 Å². The Balaban J connectivity index is 2.76. The van der Waals surface area contributed by atoms with Gasteiger partial charge in [0.25, 0.3) is 5.91 Å². The first-order valence-electron chi connectivity index (χ1n) is 4.87. The second-order valence-corrected chi connectivity index (χ2v) is 3.57. The molecule has 15 heavy (non-hydrogen) atoms.